The van der Waals surface area contributed by atoms with E-state index < -0.39 is 9.84 Å². The maximum absolute atomic E-state index is 11.9. The Balaban J connectivity index is 1.47. The quantitative estimate of drug-likeness (QED) is 0.507. The zero-order valence-electron chi connectivity index (χ0n) is 16.2. The molecule has 4 rings (SSSR count). The lowest BCUT2D eigenvalue weighted by molar-refractivity contribution is -0.122. The summed E-state index contributed by atoms with van der Waals surface area (Å²) in [5.74, 6) is 0.391. The summed E-state index contributed by atoms with van der Waals surface area (Å²) >= 11 is 6.27. The number of allylic oxidation sites excluding steroid dienone is 1. The standard InChI is InChI=1S/C18H22ClN7O3S/c1-30(28,29)5-4-26-9-12(7-22-26)23-18-21-8-13(19)17(25-18)24-15-11-3-2-10(6-11)14(15)16(20)27/h2-3,7-11,14-15H,4-6H2,1H3,(H2,20,27)(H2,21,23,24,25)/t10-,11+,14+,15-/m1/s1. The smallest absolute Gasteiger partial charge is 0.229 e. The minimum absolute atomic E-state index is 0.00133. The molecule has 0 aromatic carbocycles. The molecule has 2 aliphatic rings. The largest absolute Gasteiger partial charge is 0.369 e. The molecule has 2 aliphatic carbocycles. The van der Waals surface area contributed by atoms with E-state index in [9.17, 15) is 13.2 Å². The molecular formula is C18H22ClN7O3S. The predicted molar refractivity (Wildman–Crippen MR) is 113 cm³/mol. The van der Waals surface area contributed by atoms with Crippen molar-refractivity contribution >= 4 is 44.8 Å². The lowest BCUT2D eigenvalue weighted by Gasteiger charge is -2.27. The third-order valence-electron chi connectivity index (χ3n) is 5.42. The number of nitrogens with zero attached hydrogens (tertiary/aromatic N) is 4. The van der Waals surface area contributed by atoms with E-state index >= 15 is 0 Å². The summed E-state index contributed by atoms with van der Waals surface area (Å²) in [5.41, 5.74) is 6.22. The molecule has 0 saturated heterocycles. The van der Waals surface area contributed by atoms with Crippen molar-refractivity contribution in [2.24, 2.45) is 23.5 Å². The number of nitrogens with two attached hydrogens (primary N) is 1. The Bertz CT molecular complexity index is 1100. The first-order valence-electron chi connectivity index (χ1n) is 9.43. The zero-order valence-corrected chi connectivity index (χ0v) is 17.8. The number of hydrogen-bond acceptors (Lipinski definition) is 8. The fourth-order valence-electron chi connectivity index (χ4n) is 4.03. The average Bonchev–Trinajstić information content (AvgIpc) is 3.38. The third-order valence-corrected chi connectivity index (χ3v) is 6.62. The highest BCUT2D eigenvalue weighted by molar-refractivity contribution is 7.90. The number of aromatic nitrogens is 4. The van der Waals surface area contributed by atoms with Gasteiger partial charge in [-0.25, -0.2) is 13.4 Å². The molecule has 1 amide bonds. The van der Waals surface area contributed by atoms with E-state index in [1.165, 1.54) is 17.1 Å². The fraction of sp³-hybridized carbons (Fsp3) is 0.444. The van der Waals surface area contributed by atoms with Gasteiger partial charge in [0.05, 0.1) is 36.3 Å². The van der Waals surface area contributed by atoms with E-state index in [0.29, 0.717) is 22.5 Å². The van der Waals surface area contributed by atoms with Crippen LogP contribution in [-0.2, 0) is 21.2 Å². The second kappa shape index (κ2) is 7.88. The number of carbonyl (C=O) groups is 1. The van der Waals surface area contributed by atoms with Crippen LogP contribution in [0.15, 0.2) is 30.7 Å². The van der Waals surface area contributed by atoms with Gasteiger partial charge in [-0.15, -0.1) is 0 Å². The normalized spacial score (nSPS) is 24.9. The maximum Gasteiger partial charge on any atom is 0.229 e. The monoisotopic (exact) mass is 451 g/mol. The number of rotatable bonds is 8. The Morgan fingerprint density at radius 1 is 1.33 bits per heavy atom. The average molecular weight is 452 g/mol. The number of hydrogen-bond donors (Lipinski definition) is 3. The summed E-state index contributed by atoms with van der Waals surface area (Å²) in [4.78, 5) is 20.5. The Morgan fingerprint density at radius 3 is 2.83 bits per heavy atom. The van der Waals surface area contributed by atoms with E-state index in [0.717, 1.165) is 6.42 Å². The van der Waals surface area contributed by atoms with Gasteiger partial charge in [0.1, 0.15) is 14.9 Å². The van der Waals surface area contributed by atoms with Crippen LogP contribution in [0.3, 0.4) is 0 Å². The first-order valence-corrected chi connectivity index (χ1v) is 11.9. The number of sulfone groups is 1. The van der Waals surface area contributed by atoms with Crippen LogP contribution >= 0.6 is 11.6 Å². The van der Waals surface area contributed by atoms with E-state index in [-0.39, 0.29) is 42.0 Å². The van der Waals surface area contributed by atoms with Gasteiger partial charge >= 0.3 is 0 Å². The number of nitrogens with one attached hydrogen (secondary N) is 2. The van der Waals surface area contributed by atoms with Gasteiger partial charge in [0.15, 0.2) is 5.82 Å². The molecule has 0 radical (unpaired) electrons. The van der Waals surface area contributed by atoms with Gasteiger partial charge in [-0.3, -0.25) is 9.48 Å². The molecule has 2 aromatic heterocycles. The van der Waals surface area contributed by atoms with Crippen molar-refractivity contribution in [1.29, 1.82) is 0 Å². The van der Waals surface area contributed by atoms with Crippen LogP contribution in [0.5, 0.6) is 0 Å². The lowest BCUT2D eigenvalue weighted by Crippen LogP contribution is -2.41. The van der Waals surface area contributed by atoms with Gasteiger partial charge in [-0.05, 0) is 18.3 Å². The Kier molecular flexibility index (Phi) is 5.41. The highest BCUT2D eigenvalue weighted by Crippen LogP contribution is 2.45. The Labute approximate surface area is 178 Å². The predicted octanol–water partition coefficient (Wildman–Crippen LogP) is 1.20. The van der Waals surface area contributed by atoms with Crippen LogP contribution in [-0.4, -0.2) is 52.1 Å². The number of anilines is 3. The van der Waals surface area contributed by atoms with Crippen molar-refractivity contribution in [3.63, 3.8) is 0 Å². The van der Waals surface area contributed by atoms with Gasteiger partial charge in [0, 0.05) is 18.5 Å². The first-order chi connectivity index (χ1) is 14.2. The molecular weight excluding hydrogens is 430 g/mol. The van der Waals surface area contributed by atoms with Gasteiger partial charge in [-0.1, -0.05) is 23.8 Å². The molecule has 30 heavy (non-hydrogen) atoms. The molecule has 2 bridgehead atoms. The van der Waals surface area contributed by atoms with Gasteiger partial charge in [0.25, 0.3) is 0 Å². The molecule has 4 atom stereocenters. The molecule has 2 heterocycles. The molecule has 0 aliphatic heterocycles. The molecule has 10 nitrogen and oxygen atoms in total. The molecule has 1 saturated carbocycles. The topological polar surface area (TPSA) is 145 Å². The van der Waals surface area contributed by atoms with Crippen molar-refractivity contribution in [2.45, 2.75) is 19.0 Å². The van der Waals surface area contributed by atoms with Gasteiger partial charge in [-0.2, -0.15) is 10.1 Å². The molecule has 2 aromatic rings. The zero-order chi connectivity index (χ0) is 21.5. The van der Waals surface area contributed by atoms with Crippen molar-refractivity contribution in [2.75, 3.05) is 22.6 Å². The molecule has 160 valence electrons. The number of aryl methyl sites for hydroxylation is 1. The highest BCUT2D eigenvalue weighted by atomic mass is 35.5. The van der Waals surface area contributed by atoms with Crippen LogP contribution in [0.1, 0.15) is 6.42 Å². The van der Waals surface area contributed by atoms with Crippen molar-refractivity contribution in [1.82, 2.24) is 19.7 Å². The molecule has 0 spiro atoms. The maximum atomic E-state index is 11.9. The van der Waals surface area contributed by atoms with Crippen molar-refractivity contribution < 1.29 is 13.2 Å². The SMILES string of the molecule is CS(=O)(=O)CCn1cc(Nc2ncc(Cl)c(N[C@H]3[C@@H](C(N)=O)[C@@H]4C=C[C@H]3C4)n2)cn1. The number of primary amides is 1. The molecule has 4 N–H and O–H groups in total. The molecule has 1 fully saturated rings. The summed E-state index contributed by atoms with van der Waals surface area (Å²) in [5, 5.41) is 10.8. The van der Waals surface area contributed by atoms with Crippen molar-refractivity contribution in [3.05, 3.63) is 35.8 Å². The lowest BCUT2D eigenvalue weighted by atomic mass is 9.88. The second-order valence-electron chi connectivity index (χ2n) is 7.68. The summed E-state index contributed by atoms with van der Waals surface area (Å²) < 4.78 is 24.1. The van der Waals surface area contributed by atoms with Crippen molar-refractivity contribution in [3.8, 4) is 0 Å². The summed E-state index contributed by atoms with van der Waals surface area (Å²) in [7, 11) is -3.07. The second-order valence-corrected chi connectivity index (χ2v) is 10.4. The first kappa shape index (κ1) is 20.6. The minimum atomic E-state index is -3.07. The van der Waals surface area contributed by atoms with Crippen LogP contribution in [0.2, 0.25) is 5.02 Å². The number of fused-ring (bicyclic) bond motifs is 2. The number of halogens is 1. The van der Waals surface area contributed by atoms with E-state index in [4.69, 9.17) is 17.3 Å². The van der Waals surface area contributed by atoms with Crippen LogP contribution in [0.4, 0.5) is 17.5 Å². The van der Waals surface area contributed by atoms with E-state index in [2.05, 4.69) is 31.8 Å². The molecule has 12 heteroatoms. The third kappa shape index (κ3) is 4.41. The fourth-order valence-corrected chi connectivity index (χ4v) is 4.70. The number of carbonyl (C=O) groups excluding carboxylic acids is 1. The van der Waals surface area contributed by atoms with Crippen LogP contribution in [0, 0.1) is 17.8 Å². The summed E-state index contributed by atoms with van der Waals surface area (Å²) in [6.07, 6.45) is 10.9. The summed E-state index contributed by atoms with van der Waals surface area (Å²) in [6.45, 7) is 0.251. The number of amides is 1. The van der Waals surface area contributed by atoms with Crippen LogP contribution < -0.4 is 16.4 Å². The Morgan fingerprint density at radius 2 is 2.10 bits per heavy atom. The van der Waals surface area contributed by atoms with E-state index in [1.807, 2.05) is 6.08 Å². The Hall–Kier alpha value is -2.66. The minimum Gasteiger partial charge on any atom is -0.369 e. The van der Waals surface area contributed by atoms with Crippen LogP contribution in [0.25, 0.3) is 0 Å². The highest BCUT2D eigenvalue weighted by Gasteiger charge is 2.47. The van der Waals surface area contributed by atoms with E-state index in [1.54, 1.807) is 12.4 Å². The van der Waals surface area contributed by atoms with Gasteiger partial charge in [0.2, 0.25) is 11.9 Å². The van der Waals surface area contributed by atoms with Gasteiger partial charge < -0.3 is 16.4 Å². The summed E-state index contributed by atoms with van der Waals surface area (Å²) in [6, 6.07) is -0.170. The molecule has 0 unspecified atom stereocenters.